The number of ether oxygens (including phenoxy) is 3. The van der Waals surface area contributed by atoms with E-state index < -0.39 is 0 Å². The second-order valence-electron chi connectivity index (χ2n) is 3.71. The van der Waals surface area contributed by atoms with Gasteiger partial charge in [-0.3, -0.25) is 0 Å². The molecule has 0 fully saturated rings. The highest BCUT2D eigenvalue weighted by atomic mass is 35.5. The maximum absolute atomic E-state index is 5.42. The second kappa shape index (κ2) is 4.39. The van der Waals surface area contributed by atoms with Crippen LogP contribution < -0.4 is 19.5 Å². The lowest BCUT2D eigenvalue weighted by molar-refractivity contribution is 0.171. The average Bonchev–Trinajstić information content (AvgIpc) is 2.73. The Morgan fingerprint density at radius 2 is 2.25 bits per heavy atom. The van der Waals surface area contributed by atoms with Crippen LogP contribution in [0.2, 0.25) is 0 Å². The molecule has 2 aliphatic heterocycles. The van der Waals surface area contributed by atoms with Crippen LogP contribution in [0.25, 0.3) is 0 Å². The van der Waals surface area contributed by atoms with Gasteiger partial charge in [0.15, 0.2) is 11.5 Å². The average molecular weight is 244 g/mol. The van der Waals surface area contributed by atoms with Gasteiger partial charge in [-0.1, -0.05) is 0 Å². The van der Waals surface area contributed by atoms with Crippen molar-refractivity contribution in [2.75, 3.05) is 20.4 Å². The van der Waals surface area contributed by atoms with Gasteiger partial charge in [0.05, 0.1) is 7.11 Å². The number of methoxy groups -OCH3 is 1. The summed E-state index contributed by atoms with van der Waals surface area (Å²) in [5.74, 6) is 2.41. The molecule has 2 aliphatic rings. The van der Waals surface area contributed by atoms with Gasteiger partial charge >= 0.3 is 0 Å². The second-order valence-corrected chi connectivity index (χ2v) is 3.71. The van der Waals surface area contributed by atoms with Crippen LogP contribution in [0.1, 0.15) is 11.1 Å². The Hall–Kier alpha value is -1.13. The molecule has 0 aromatic heterocycles. The summed E-state index contributed by atoms with van der Waals surface area (Å²) in [4.78, 5) is 0. The Kier molecular flexibility index (Phi) is 3.12. The number of rotatable bonds is 1. The number of benzene rings is 1. The molecule has 0 unspecified atom stereocenters. The molecule has 2 heterocycles. The first-order valence-electron chi connectivity index (χ1n) is 5.09. The number of nitrogens with one attached hydrogen (secondary N) is 1. The quantitative estimate of drug-likeness (QED) is 0.811. The summed E-state index contributed by atoms with van der Waals surface area (Å²) in [7, 11) is 1.68. The predicted octanol–water partition coefficient (Wildman–Crippen LogP) is 1.49. The van der Waals surface area contributed by atoms with E-state index in [1.807, 2.05) is 6.07 Å². The van der Waals surface area contributed by atoms with Crippen molar-refractivity contribution in [3.05, 3.63) is 17.2 Å². The highest BCUT2D eigenvalue weighted by Gasteiger charge is 2.25. The summed E-state index contributed by atoms with van der Waals surface area (Å²) in [6, 6.07) is 2.05. The van der Waals surface area contributed by atoms with Gasteiger partial charge in [0.1, 0.15) is 0 Å². The Morgan fingerprint density at radius 3 is 3.06 bits per heavy atom. The lowest BCUT2D eigenvalue weighted by Crippen LogP contribution is -2.24. The topological polar surface area (TPSA) is 39.7 Å². The van der Waals surface area contributed by atoms with Crippen molar-refractivity contribution in [2.45, 2.75) is 13.0 Å². The van der Waals surface area contributed by atoms with Gasteiger partial charge < -0.3 is 19.5 Å². The molecule has 0 spiro atoms. The van der Waals surface area contributed by atoms with Crippen molar-refractivity contribution in [1.29, 1.82) is 0 Å². The summed E-state index contributed by atoms with van der Waals surface area (Å²) >= 11 is 0. The van der Waals surface area contributed by atoms with E-state index in [9.17, 15) is 0 Å². The minimum absolute atomic E-state index is 0. The third kappa shape index (κ3) is 1.58. The fourth-order valence-electron chi connectivity index (χ4n) is 2.19. The van der Waals surface area contributed by atoms with Crippen LogP contribution in [0.4, 0.5) is 0 Å². The molecule has 0 saturated heterocycles. The Balaban J connectivity index is 0.000000963. The first-order chi connectivity index (χ1) is 7.40. The molecular weight excluding hydrogens is 230 g/mol. The maximum Gasteiger partial charge on any atom is 0.231 e. The third-order valence-corrected chi connectivity index (χ3v) is 2.89. The van der Waals surface area contributed by atoms with Crippen LogP contribution in [0.5, 0.6) is 17.2 Å². The zero-order valence-electron chi connectivity index (χ0n) is 9.04. The summed E-state index contributed by atoms with van der Waals surface area (Å²) < 4.78 is 16.2. The van der Waals surface area contributed by atoms with Gasteiger partial charge in [0, 0.05) is 12.1 Å². The molecule has 1 N–H and O–H groups in total. The van der Waals surface area contributed by atoms with Crippen LogP contribution in [0, 0.1) is 0 Å². The fourth-order valence-corrected chi connectivity index (χ4v) is 2.19. The van der Waals surface area contributed by atoms with E-state index >= 15 is 0 Å². The maximum atomic E-state index is 5.42. The van der Waals surface area contributed by atoms with Gasteiger partial charge in [-0.25, -0.2) is 0 Å². The monoisotopic (exact) mass is 243 g/mol. The number of halogens is 1. The number of hydrogen-bond donors (Lipinski definition) is 1. The lowest BCUT2D eigenvalue weighted by Gasteiger charge is -2.20. The number of fused-ring (bicyclic) bond motifs is 2. The van der Waals surface area contributed by atoms with Gasteiger partial charge in [0.2, 0.25) is 12.5 Å². The SMILES string of the molecule is COc1c2c(cc3c1OCO3)CNCC2.Cl. The van der Waals surface area contributed by atoms with Crippen molar-refractivity contribution in [2.24, 2.45) is 0 Å². The zero-order valence-corrected chi connectivity index (χ0v) is 9.86. The molecule has 4 nitrogen and oxygen atoms in total. The first-order valence-corrected chi connectivity index (χ1v) is 5.09. The molecule has 0 bridgehead atoms. The molecule has 88 valence electrons. The van der Waals surface area contributed by atoms with Gasteiger partial charge in [-0.2, -0.15) is 0 Å². The molecule has 5 heteroatoms. The molecule has 1 aromatic carbocycles. The fraction of sp³-hybridized carbons (Fsp3) is 0.455. The minimum atomic E-state index is 0. The van der Waals surface area contributed by atoms with Crippen molar-refractivity contribution in [1.82, 2.24) is 5.32 Å². The molecule has 16 heavy (non-hydrogen) atoms. The molecule has 0 amide bonds. The normalized spacial score (nSPS) is 16.3. The minimum Gasteiger partial charge on any atom is -0.492 e. The van der Waals surface area contributed by atoms with Crippen LogP contribution in [-0.4, -0.2) is 20.4 Å². The summed E-state index contributed by atoms with van der Waals surface area (Å²) in [6.45, 7) is 2.16. The van der Waals surface area contributed by atoms with Crippen molar-refractivity contribution in [3.8, 4) is 17.2 Å². The molecule has 0 atom stereocenters. The predicted molar refractivity (Wildman–Crippen MR) is 61.8 cm³/mol. The van der Waals surface area contributed by atoms with E-state index in [-0.39, 0.29) is 12.4 Å². The standard InChI is InChI=1S/C11H13NO3.ClH/c1-13-10-8-2-3-12-5-7(8)4-9-11(10)15-6-14-9;/h4,12H,2-3,5-6H2,1H3;1H. The van der Waals surface area contributed by atoms with Crippen molar-refractivity contribution < 1.29 is 14.2 Å². The van der Waals surface area contributed by atoms with Crippen LogP contribution in [0.15, 0.2) is 6.07 Å². The molecule has 0 aliphatic carbocycles. The Morgan fingerprint density at radius 1 is 1.38 bits per heavy atom. The van der Waals surface area contributed by atoms with Gasteiger partial charge in [0.25, 0.3) is 0 Å². The van der Waals surface area contributed by atoms with E-state index in [1.54, 1.807) is 7.11 Å². The van der Waals surface area contributed by atoms with Gasteiger partial charge in [-0.05, 0) is 24.6 Å². The largest absolute Gasteiger partial charge is 0.492 e. The van der Waals surface area contributed by atoms with Crippen molar-refractivity contribution in [3.63, 3.8) is 0 Å². The van der Waals surface area contributed by atoms with Crippen LogP contribution in [0.3, 0.4) is 0 Å². The first kappa shape index (κ1) is 11.4. The van der Waals surface area contributed by atoms with Gasteiger partial charge in [-0.15, -0.1) is 12.4 Å². The Labute approximate surface area is 100 Å². The molecule has 3 rings (SSSR count). The summed E-state index contributed by atoms with van der Waals surface area (Å²) in [5.41, 5.74) is 2.50. The smallest absolute Gasteiger partial charge is 0.231 e. The number of hydrogen-bond acceptors (Lipinski definition) is 4. The third-order valence-electron chi connectivity index (χ3n) is 2.89. The molecule has 1 aromatic rings. The van der Waals surface area contributed by atoms with Crippen molar-refractivity contribution >= 4 is 12.4 Å². The van der Waals surface area contributed by atoms with Crippen LogP contribution >= 0.6 is 12.4 Å². The Bertz CT molecular complexity index is 409. The molecular formula is C11H14ClNO3. The molecule has 0 radical (unpaired) electrons. The van der Waals surface area contributed by atoms with E-state index in [1.165, 1.54) is 11.1 Å². The van der Waals surface area contributed by atoms with E-state index in [0.29, 0.717) is 6.79 Å². The zero-order chi connectivity index (χ0) is 10.3. The highest BCUT2D eigenvalue weighted by Crippen LogP contribution is 2.45. The van der Waals surface area contributed by atoms with Crippen LogP contribution in [-0.2, 0) is 13.0 Å². The van der Waals surface area contributed by atoms with E-state index in [0.717, 1.165) is 36.8 Å². The summed E-state index contributed by atoms with van der Waals surface area (Å²) in [5, 5.41) is 3.33. The highest BCUT2D eigenvalue weighted by molar-refractivity contribution is 5.85. The van der Waals surface area contributed by atoms with E-state index in [2.05, 4.69) is 5.32 Å². The van der Waals surface area contributed by atoms with E-state index in [4.69, 9.17) is 14.2 Å². The lowest BCUT2D eigenvalue weighted by atomic mass is 9.99. The molecule has 0 saturated carbocycles. The summed E-state index contributed by atoms with van der Waals surface area (Å²) in [6.07, 6.45) is 0.981.